The maximum Gasteiger partial charge on any atom is 0.218 e. The Bertz CT molecular complexity index is 378. The summed E-state index contributed by atoms with van der Waals surface area (Å²) in [5.41, 5.74) is -0.226. The number of hydrogen-bond acceptors (Lipinski definition) is 5. The van der Waals surface area contributed by atoms with Crippen LogP contribution in [0.25, 0.3) is 0 Å². The fourth-order valence-electron chi connectivity index (χ4n) is 2.46. The molecule has 0 amide bonds. The van der Waals surface area contributed by atoms with E-state index in [4.69, 9.17) is 4.74 Å². The number of nitrogens with one attached hydrogen (secondary N) is 1. The van der Waals surface area contributed by atoms with Crippen molar-refractivity contribution in [3.8, 4) is 5.88 Å². The smallest absolute Gasteiger partial charge is 0.218 e. The maximum atomic E-state index is 9.64. The van der Waals surface area contributed by atoms with E-state index in [2.05, 4.69) is 15.3 Å². The van der Waals surface area contributed by atoms with Gasteiger partial charge in [0.2, 0.25) is 5.88 Å². The Morgan fingerprint density at radius 3 is 2.78 bits per heavy atom. The maximum absolute atomic E-state index is 9.64. The SMILES string of the molecule is CCOc1cc(NC2(CO)CCCCC2)ncn1. The Morgan fingerprint density at radius 2 is 2.11 bits per heavy atom. The van der Waals surface area contributed by atoms with Crippen molar-refractivity contribution < 1.29 is 9.84 Å². The van der Waals surface area contributed by atoms with Gasteiger partial charge in [-0.3, -0.25) is 0 Å². The van der Waals surface area contributed by atoms with E-state index >= 15 is 0 Å². The Kier molecular flexibility index (Phi) is 4.36. The van der Waals surface area contributed by atoms with Crippen LogP contribution in [-0.2, 0) is 0 Å². The minimum Gasteiger partial charge on any atom is -0.478 e. The molecule has 0 atom stereocenters. The summed E-state index contributed by atoms with van der Waals surface area (Å²) in [4.78, 5) is 8.23. The standard InChI is InChI=1S/C13H21N3O2/c1-2-18-12-8-11(14-10-15-12)16-13(9-17)6-4-3-5-7-13/h8,10,17H,2-7,9H2,1H3,(H,14,15,16). The molecule has 0 aromatic carbocycles. The highest BCUT2D eigenvalue weighted by molar-refractivity contribution is 5.40. The molecular formula is C13H21N3O2. The predicted molar refractivity (Wildman–Crippen MR) is 69.7 cm³/mol. The first kappa shape index (κ1) is 13.1. The summed E-state index contributed by atoms with van der Waals surface area (Å²) in [6, 6.07) is 1.79. The van der Waals surface area contributed by atoms with Crippen LogP contribution in [0.1, 0.15) is 39.0 Å². The lowest BCUT2D eigenvalue weighted by Gasteiger charge is -2.36. The summed E-state index contributed by atoms with van der Waals surface area (Å²) in [6.45, 7) is 2.65. The molecule has 1 aromatic heterocycles. The van der Waals surface area contributed by atoms with E-state index in [9.17, 15) is 5.11 Å². The van der Waals surface area contributed by atoms with Crippen molar-refractivity contribution in [2.24, 2.45) is 0 Å². The molecular weight excluding hydrogens is 230 g/mol. The molecule has 1 fully saturated rings. The zero-order chi connectivity index (χ0) is 12.8. The normalized spacial score (nSPS) is 18.3. The number of aromatic nitrogens is 2. The van der Waals surface area contributed by atoms with Crippen molar-refractivity contribution in [3.05, 3.63) is 12.4 Å². The van der Waals surface area contributed by atoms with Gasteiger partial charge < -0.3 is 15.2 Å². The number of rotatable bonds is 5. The molecule has 18 heavy (non-hydrogen) atoms. The molecule has 100 valence electrons. The molecule has 5 heteroatoms. The molecule has 5 nitrogen and oxygen atoms in total. The first-order valence-corrected chi connectivity index (χ1v) is 6.62. The van der Waals surface area contributed by atoms with Crippen LogP contribution >= 0.6 is 0 Å². The fraction of sp³-hybridized carbons (Fsp3) is 0.692. The van der Waals surface area contributed by atoms with E-state index in [1.54, 1.807) is 6.07 Å². The molecule has 1 saturated carbocycles. The van der Waals surface area contributed by atoms with Crippen molar-refractivity contribution in [2.75, 3.05) is 18.5 Å². The zero-order valence-electron chi connectivity index (χ0n) is 10.9. The van der Waals surface area contributed by atoms with Crippen LogP contribution in [-0.4, -0.2) is 33.8 Å². The number of anilines is 1. The van der Waals surface area contributed by atoms with Crippen LogP contribution < -0.4 is 10.1 Å². The van der Waals surface area contributed by atoms with Gasteiger partial charge in [0.05, 0.1) is 18.8 Å². The summed E-state index contributed by atoms with van der Waals surface area (Å²) < 4.78 is 5.35. The predicted octanol–water partition coefficient (Wildman–Crippen LogP) is 1.98. The lowest BCUT2D eigenvalue weighted by Crippen LogP contribution is -2.44. The van der Waals surface area contributed by atoms with Gasteiger partial charge in [-0.15, -0.1) is 0 Å². The third kappa shape index (κ3) is 3.10. The highest BCUT2D eigenvalue weighted by atomic mass is 16.5. The molecule has 2 rings (SSSR count). The Labute approximate surface area is 108 Å². The molecule has 0 unspecified atom stereocenters. The molecule has 0 radical (unpaired) electrons. The molecule has 0 bridgehead atoms. The van der Waals surface area contributed by atoms with E-state index in [-0.39, 0.29) is 12.1 Å². The highest BCUT2D eigenvalue weighted by Crippen LogP contribution is 2.31. The van der Waals surface area contributed by atoms with Gasteiger partial charge in [-0.2, -0.15) is 0 Å². The summed E-state index contributed by atoms with van der Waals surface area (Å²) in [6.07, 6.45) is 7.00. The van der Waals surface area contributed by atoms with E-state index in [0.717, 1.165) is 31.5 Å². The van der Waals surface area contributed by atoms with Crippen molar-refractivity contribution in [1.82, 2.24) is 9.97 Å². The van der Waals surface area contributed by atoms with Crippen LogP contribution in [0.5, 0.6) is 5.88 Å². The number of aliphatic hydroxyl groups is 1. The fourth-order valence-corrected chi connectivity index (χ4v) is 2.46. The topological polar surface area (TPSA) is 67.3 Å². The molecule has 1 aliphatic rings. The van der Waals surface area contributed by atoms with Gasteiger partial charge in [0.25, 0.3) is 0 Å². The lowest BCUT2D eigenvalue weighted by atomic mass is 9.82. The van der Waals surface area contributed by atoms with Gasteiger partial charge in [0.1, 0.15) is 12.1 Å². The van der Waals surface area contributed by atoms with Crippen LogP contribution in [0.2, 0.25) is 0 Å². The lowest BCUT2D eigenvalue weighted by molar-refractivity contribution is 0.172. The average Bonchev–Trinajstić information content (AvgIpc) is 2.41. The van der Waals surface area contributed by atoms with Crippen LogP contribution in [0.15, 0.2) is 12.4 Å². The second-order valence-electron chi connectivity index (χ2n) is 4.80. The van der Waals surface area contributed by atoms with E-state index in [1.165, 1.54) is 12.7 Å². The number of aliphatic hydroxyl groups excluding tert-OH is 1. The minimum absolute atomic E-state index is 0.140. The van der Waals surface area contributed by atoms with Crippen LogP contribution in [0, 0.1) is 0 Å². The Hall–Kier alpha value is -1.36. The number of nitrogens with zero attached hydrogens (tertiary/aromatic N) is 2. The quantitative estimate of drug-likeness (QED) is 0.837. The van der Waals surface area contributed by atoms with E-state index < -0.39 is 0 Å². The van der Waals surface area contributed by atoms with Gasteiger partial charge in [0, 0.05) is 6.07 Å². The van der Waals surface area contributed by atoms with E-state index in [1.807, 2.05) is 6.92 Å². The van der Waals surface area contributed by atoms with Gasteiger partial charge >= 0.3 is 0 Å². The first-order valence-electron chi connectivity index (χ1n) is 6.62. The van der Waals surface area contributed by atoms with Gasteiger partial charge in [0.15, 0.2) is 0 Å². The highest BCUT2D eigenvalue weighted by Gasteiger charge is 2.31. The Morgan fingerprint density at radius 1 is 1.33 bits per heavy atom. The number of hydrogen-bond donors (Lipinski definition) is 2. The molecule has 2 N–H and O–H groups in total. The molecule has 0 spiro atoms. The molecule has 0 aliphatic heterocycles. The van der Waals surface area contributed by atoms with Crippen molar-refractivity contribution in [1.29, 1.82) is 0 Å². The molecule has 1 heterocycles. The minimum atomic E-state index is -0.226. The van der Waals surface area contributed by atoms with Crippen LogP contribution in [0.4, 0.5) is 5.82 Å². The van der Waals surface area contributed by atoms with Crippen LogP contribution in [0.3, 0.4) is 0 Å². The first-order chi connectivity index (χ1) is 8.78. The zero-order valence-corrected chi connectivity index (χ0v) is 10.9. The molecule has 1 aromatic rings. The third-order valence-corrected chi connectivity index (χ3v) is 3.44. The third-order valence-electron chi connectivity index (χ3n) is 3.44. The van der Waals surface area contributed by atoms with Gasteiger partial charge in [-0.1, -0.05) is 19.3 Å². The summed E-state index contributed by atoms with van der Waals surface area (Å²) >= 11 is 0. The second kappa shape index (κ2) is 6.00. The average molecular weight is 251 g/mol. The van der Waals surface area contributed by atoms with Crippen molar-refractivity contribution in [3.63, 3.8) is 0 Å². The number of ether oxygens (including phenoxy) is 1. The van der Waals surface area contributed by atoms with Gasteiger partial charge in [-0.25, -0.2) is 9.97 Å². The largest absolute Gasteiger partial charge is 0.478 e. The van der Waals surface area contributed by atoms with Gasteiger partial charge in [-0.05, 0) is 19.8 Å². The Balaban J connectivity index is 2.08. The summed E-state index contributed by atoms with van der Waals surface area (Å²) in [5.74, 6) is 1.29. The summed E-state index contributed by atoms with van der Waals surface area (Å²) in [7, 11) is 0. The molecule has 0 saturated heterocycles. The monoisotopic (exact) mass is 251 g/mol. The van der Waals surface area contributed by atoms with Crippen molar-refractivity contribution in [2.45, 2.75) is 44.6 Å². The van der Waals surface area contributed by atoms with Crippen molar-refractivity contribution >= 4 is 5.82 Å². The second-order valence-corrected chi connectivity index (χ2v) is 4.80. The summed E-state index contributed by atoms with van der Waals surface area (Å²) in [5, 5.41) is 13.0. The molecule has 1 aliphatic carbocycles. The van der Waals surface area contributed by atoms with E-state index in [0.29, 0.717) is 12.5 Å².